The van der Waals surface area contributed by atoms with Crippen molar-refractivity contribution >= 4 is 24.0 Å². The first-order chi connectivity index (χ1) is 15.7. The van der Waals surface area contributed by atoms with E-state index < -0.39 is 17.9 Å². The number of carboxylic acid groups (broad SMARTS) is 3. The summed E-state index contributed by atoms with van der Waals surface area (Å²) in [5.74, 6) is -2.82. The minimum absolute atomic E-state index is 0. The van der Waals surface area contributed by atoms with Crippen molar-refractivity contribution in [2.24, 2.45) is 0 Å². The summed E-state index contributed by atoms with van der Waals surface area (Å²) in [6.07, 6.45) is 1.78. The molecule has 11 heteroatoms. The van der Waals surface area contributed by atoms with E-state index in [2.05, 4.69) is 11.5 Å². The average molecular weight is 636 g/mol. The second kappa shape index (κ2) is 16.4. The molecule has 0 bridgehead atoms. The van der Waals surface area contributed by atoms with Crippen LogP contribution in [0.25, 0.3) is 6.08 Å². The Morgan fingerprint density at radius 3 is 1.29 bits per heavy atom. The third kappa shape index (κ3) is 12.4. The molecular formula is C23H34N4O6Yb. The Morgan fingerprint density at radius 2 is 1.00 bits per heavy atom. The molecule has 1 aliphatic heterocycles. The van der Waals surface area contributed by atoms with Crippen LogP contribution >= 0.6 is 0 Å². The maximum absolute atomic E-state index is 11.3. The van der Waals surface area contributed by atoms with Crippen molar-refractivity contribution in [1.82, 2.24) is 19.6 Å². The SMILES string of the molecule is C=Cc1ccc(CN2CCN(CC(=O)O)CCN(CC(=O)O)CCN(CC(=O)O)CC2)cc1.[Yb]. The standard InChI is InChI=1S/C23H34N4O6.Yb/c1-2-19-3-5-20(6-4-19)15-24-7-9-25(16-21(28)29)11-13-27(18-23(32)33)14-12-26(10-8-24)17-22(30)31;/h2-6H,1,7-18H2,(H,28,29)(H,30,31)(H,32,33);. The largest absolute Gasteiger partial charge is 0.480 e. The van der Waals surface area contributed by atoms with E-state index in [-0.39, 0.29) is 66.6 Å². The summed E-state index contributed by atoms with van der Waals surface area (Å²) in [6.45, 7) is 7.87. The maximum Gasteiger partial charge on any atom is 0.317 e. The minimum atomic E-state index is -0.967. The van der Waals surface area contributed by atoms with Crippen LogP contribution in [0.1, 0.15) is 11.1 Å². The van der Waals surface area contributed by atoms with E-state index in [0.717, 1.165) is 11.1 Å². The molecule has 0 atom stereocenters. The van der Waals surface area contributed by atoms with Gasteiger partial charge in [-0.15, -0.1) is 0 Å². The van der Waals surface area contributed by atoms with Gasteiger partial charge in [0.15, 0.2) is 0 Å². The van der Waals surface area contributed by atoms with Crippen molar-refractivity contribution < 1.29 is 76.6 Å². The van der Waals surface area contributed by atoms with E-state index in [0.29, 0.717) is 58.9 Å². The Bertz CT molecular complexity index is 775. The normalized spacial score (nSPS) is 17.6. The Labute approximate surface area is 239 Å². The summed E-state index contributed by atoms with van der Waals surface area (Å²) >= 11 is 0. The predicted molar refractivity (Wildman–Crippen MR) is 124 cm³/mol. The quantitative estimate of drug-likeness (QED) is 0.349. The Balaban J connectivity index is 0.00000578. The van der Waals surface area contributed by atoms with Gasteiger partial charge in [-0.05, 0) is 11.1 Å². The first-order valence-corrected chi connectivity index (χ1v) is 11.0. The summed E-state index contributed by atoms with van der Waals surface area (Å²) in [6, 6.07) is 8.04. The third-order valence-electron chi connectivity index (χ3n) is 5.63. The molecule has 196 valence electrons. The van der Waals surface area contributed by atoms with Crippen molar-refractivity contribution in [3.05, 3.63) is 42.0 Å². The van der Waals surface area contributed by atoms with Gasteiger partial charge in [-0.25, -0.2) is 0 Å². The summed E-state index contributed by atoms with van der Waals surface area (Å²) < 4.78 is 0. The van der Waals surface area contributed by atoms with Crippen LogP contribution < -0.4 is 0 Å². The molecule has 1 saturated heterocycles. The van der Waals surface area contributed by atoms with Crippen LogP contribution in [0.3, 0.4) is 0 Å². The van der Waals surface area contributed by atoms with Gasteiger partial charge in [0.1, 0.15) is 0 Å². The fraction of sp³-hybridized carbons (Fsp3) is 0.522. The number of benzene rings is 1. The zero-order chi connectivity index (χ0) is 24.2. The minimum Gasteiger partial charge on any atom is -0.480 e. The van der Waals surface area contributed by atoms with Crippen molar-refractivity contribution in [1.29, 1.82) is 0 Å². The molecule has 1 aromatic carbocycles. The molecule has 2 rings (SSSR count). The van der Waals surface area contributed by atoms with Gasteiger partial charge >= 0.3 is 17.9 Å². The third-order valence-corrected chi connectivity index (χ3v) is 5.63. The van der Waals surface area contributed by atoms with Gasteiger partial charge in [0, 0.05) is 106 Å². The van der Waals surface area contributed by atoms with Crippen molar-refractivity contribution in [3.8, 4) is 0 Å². The van der Waals surface area contributed by atoms with Crippen molar-refractivity contribution in [2.75, 3.05) is 72.0 Å². The molecule has 0 radical (unpaired) electrons. The van der Waals surface area contributed by atoms with Crippen LogP contribution in [-0.4, -0.2) is 125 Å². The molecule has 0 unspecified atom stereocenters. The van der Waals surface area contributed by atoms with Gasteiger partial charge < -0.3 is 15.3 Å². The number of nitrogens with zero attached hydrogens (tertiary/aromatic N) is 4. The molecule has 1 fully saturated rings. The zero-order valence-corrected chi connectivity index (χ0v) is 20.9. The molecule has 34 heavy (non-hydrogen) atoms. The van der Waals surface area contributed by atoms with Gasteiger partial charge in [-0.3, -0.25) is 34.0 Å². The number of carboxylic acids is 3. The van der Waals surface area contributed by atoms with Gasteiger partial charge in [0.2, 0.25) is 0 Å². The molecule has 1 aliphatic rings. The van der Waals surface area contributed by atoms with E-state index in [9.17, 15) is 29.7 Å². The summed E-state index contributed by atoms with van der Waals surface area (Å²) in [4.78, 5) is 41.5. The summed E-state index contributed by atoms with van der Waals surface area (Å²) in [5.41, 5.74) is 2.13. The van der Waals surface area contributed by atoms with Crippen LogP contribution in [0.4, 0.5) is 0 Å². The Kier molecular flexibility index (Phi) is 14.8. The predicted octanol–water partition coefficient (Wildman–Crippen LogP) is 0.305. The molecule has 0 amide bonds. The second-order valence-corrected chi connectivity index (χ2v) is 8.23. The van der Waals surface area contributed by atoms with E-state index >= 15 is 0 Å². The van der Waals surface area contributed by atoms with Crippen molar-refractivity contribution in [3.63, 3.8) is 0 Å². The first-order valence-electron chi connectivity index (χ1n) is 11.0. The fourth-order valence-corrected chi connectivity index (χ4v) is 3.80. The van der Waals surface area contributed by atoms with Crippen LogP contribution in [0.2, 0.25) is 0 Å². The molecule has 0 saturated carbocycles. The second-order valence-electron chi connectivity index (χ2n) is 8.23. The van der Waals surface area contributed by atoms with Crippen LogP contribution in [0.15, 0.2) is 30.8 Å². The van der Waals surface area contributed by atoms with E-state index in [1.807, 2.05) is 34.1 Å². The molecule has 0 spiro atoms. The Hall–Kier alpha value is -1.27. The van der Waals surface area contributed by atoms with E-state index in [1.165, 1.54) is 0 Å². The smallest absolute Gasteiger partial charge is 0.317 e. The average Bonchev–Trinajstić information content (AvgIpc) is 2.75. The Morgan fingerprint density at radius 1 is 0.676 bits per heavy atom. The molecule has 1 aromatic rings. The molecule has 3 N–H and O–H groups in total. The molecule has 0 aromatic heterocycles. The van der Waals surface area contributed by atoms with Gasteiger partial charge in [-0.2, -0.15) is 0 Å². The van der Waals surface area contributed by atoms with E-state index in [4.69, 9.17) is 0 Å². The molecular weight excluding hydrogens is 601 g/mol. The van der Waals surface area contributed by atoms with Crippen LogP contribution in [0, 0.1) is 46.9 Å². The fourth-order valence-electron chi connectivity index (χ4n) is 3.80. The molecule has 10 nitrogen and oxygen atoms in total. The monoisotopic (exact) mass is 636 g/mol. The van der Waals surface area contributed by atoms with Gasteiger partial charge in [0.05, 0.1) is 19.6 Å². The molecule has 1 heterocycles. The van der Waals surface area contributed by atoms with Crippen LogP contribution in [-0.2, 0) is 20.9 Å². The first kappa shape index (κ1) is 30.8. The molecule has 0 aliphatic carbocycles. The zero-order valence-electron chi connectivity index (χ0n) is 19.2. The number of aliphatic carboxylic acids is 3. The maximum atomic E-state index is 11.3. The topological polar surface area (TPSA) is 125 Å². The van der Waals surface area contributed by atoms with E-state index in [1.54, 1.807) is 11.0 Å². The van der Waals surface area contributed by atoms with Crippen LogP contribution in [0.5, 0.6) is 0 Å². The summed E-state index contributed by atoms with van der Waals surface area (Å²) in [5, 5.41) is 27.8. The number of rotatable bonds is 9. The van der Waals surface area contributed by atoms with Crippen molar-refractivity contribution in [2.45, 2.75) is 6.54 Å². The van der Waals surface area contributed by atoms with Gasteiger partial charge in [0.25, 0.3) is 0 Å². The summed E-state index contributed by atoms with van der Waals surface area (Å²) in [7, 11) is 0. The number of hydrogen-bond acceptors (Lipinski definition) is 7. The van der Waals surface area contributed by atoms with Gasteiger partial charge in [-0.1, -0.05) is 36.9 Å². The number of hydrogen-bond donors (Lipinski definition) is 3. The number of carbonyl (C=O) groups is 3.